The van der Waals surface area contributed by atoms with E-state index >= 15 is 0 Å². The summed E-state index contributed by atoms with van der Waals surface area (Å²) in [6.45, 7) is 1.92. The number of rotatable bonds is 4. The van der Waals surface area contributed by atoms with Gasteiger partial charge in [0.1, 0.15) is 5.82 Å². The smallest absolute Gasteiger partial charge is 0.335 e. The molecule has 0 saturated carbocycles. The molecular weight excluding hydrogens is 330 g/mol. The molecule has 128 valence electrons. The average Bonchev–Trinajstić information content (AvgIpc) is 2.98. The van der Waals surface area contributed by atoms with Gasteiger partial charge in [0, 0.05) is 5.69 Å². The van der Waals surface area contributed by atoms with E-state index in [-0.39, 0.29) is 5.56 Å². The summed E-state index contributed by atoms with van der Waals surface area (Å²) in [7, 11) is 0. The molecule has 2 aromatic carbocycles. The van der Waals surface area contributed by atoms with Crippen molar-refractivity contribution in [2.75, 3.05) is 5.32 Å². The third-order valence-corrected chi connectivity index (χ3v) is 3.98. The van der Waals surface area contributed by atoms with Gasteiger partial charge in [-0.05, 0) is 43.3 Å². The fourth-order valence-corrected chi connectivity index (χ4v) is 2.80. The number of carboxylic acids is 1. The Morgan fingerprint density at radius 3 is 2.58 bits per heavy atom. The number of aromatic carboxylic acids is 1. The van der Waals surface area contributed by atoms with Gasteiger partial charge in [-0.25, -0.2) is 14.8 Å². The van der Waals surface area contributed by atoms with E-state index in [1.165, 1.54) is 12.1 Å². The van der Waals surface area contributed by atoms with E-state index in [1.54, 1.807) is 24.5 Å². The van der Waals surface area contributed by atoms with Crippen LogP contribution in [0.2, 0.25) is 0 Å². The van der Waals surface area contributed by atoms with Crippen LogP contribution in [0.1, 0.15) is 16.2 Å². The Kier molecular flexibility index (Phi) is 3.81. The molecule has 4 rings (SSSR count). The predicted molar refractivity (Wildman–Crippen MR) is 98.1 cm³/mol. The molecule has 2 N–H and O–H groups in total. The van der Waals surface area contributed by atoms with E-state index in [1.807, 2.05) is 35.8 Å². The van der Waals surface area contributed by atoms with Gasteiger partial charge in [-0.15, -0.1) is 0 Å². The van der Waals surface area contributed by atoms with Crippen LogP contribution in [0.25, 0.3) is 16.9 Å². The molecule has 0 saturated heterocycles. The van der Waals surface area contributed by atoms with Crippen LogP contribution in [0.3, 0.4) is 0 Å². The summed E-state index contributed by atoms with van der Waals surface area (Å²) >= 11 is 0. The third kappa shape index (κ3) is 2.86. The number of anilines is 2. The first kappa shape index (κ1) is 15.8. The Labute approximate surface area is 149 Å². The molecule has 0 aliphatic carbocycles. The van der Waals surface area contributed by atoms with Crippen molar-refractivity contribution in [3.05, 3.63) is 72.3 Å². The summed E-state index contributed by atoms with van der Waals surface area (Å²) in [5.74, 6) is 1.08. The lowest BCUT2D eigenvalue weighted by molar-refractivity contribution is 0.0697. The van der Waals surface area contributed by atoms with Crippen LogP contribution in [-0.2, 0) is 0 Å². The summed E-state index contributed by atoms with van der Waals surface area (Å²) < 4.78 is 1.95. The first-order valence-corrected chi connectivity index (χ1v) is 7.99. The van der Waals surface area contributed by atoms with Gasteiger partial charge in [0.25, 0.3) is 0 Å². The van der Waals surface area contributed by atoms with Crippen molar-refractivity contribution in [2.24, 2.45) is 0 Å². The second kappa shape index (κ2) is 6.29. The number of benzene rings is 2. The van der Waals surface area contributed by atoms with E-state index in [2.05, 4.69) is 20.3 Å². The zero-order valence-corrected chi connectivity index (χ0v) is 13.9. The lowest BCUT2D eigenvalue weighted by Crippen LogP contribution is -2.04. The second-order valence-corrected chi connectivity index (χ2v) is 5.75. The molecule has 0 atom stereocenters. The van der Waals surface area contributed by atoms with Gasteiger partial charge in [0.05, 0.1) is 29.0 Å². The number of carbonyl (C=O) groups is 1. The number of nitrogens with one attached hydrogen (secondary N) is 1. The van der Waals surface area contributed by atoms with Crippen molar-refractivity contribution in [3.8, 4) is 5.82 Å². The number of fused-ring (bicyclic) bond motifs is 1. The molecule has 26 heavy (non-hydrogen) atoms. The quantitative estimate of drug-likeness (QED) is 0.587. The highest BCUT2D eigenvalue weighted by molar-refractivity contribution is 5.88. The van der Waals surface area contributed by atoms with Crippen LogP contribution >= 0.6 is 0 Å². The van der Waals surface area contributed by atoms with Crippen molar-refractivity contribution in [2.45, 2.75) is 6.92 Å². The number of aryl methyl sites for hydroxylation is 1. The molecule has 0 spiro atoms. The van der Waals surface area contributed by atoms with Gasteiger partial charge in [-0.2, -0.15) is 0 Å². The highest BCUT2D eigenvalue weighted by Crippen LogP contribution is 2.21. The summed E-state index contributed by atoms with van der Waals surface area (Å²) in [5, 5.41) is 12.1. The van der Waals surface area contributed by atoms with E-state index in [0.717, 1.165) is 22.5 Å². The number of para-hydroxylation sites is 2. The fraction of sp³-hybridized carbons (Fsp3) is 0.0526. The number of nitrogens with zero attached hydrogens (tertiary/aromatic N) is 4. The van der Waals surface area contributed by atoms with Crippen molar-refractivity contribution in [1.29, 1.82) is 0 Å². The molecule has 7 heteroatoms. The monoisotopic (exact) mass is 345 g/mol. The Balaban J connectivity index is 1.68. The number of hydrogen-bond acceptors (Lipinski definition) is 5. The summed E-state index contributed by atoms with van der Waals surface area (Å²) in [4.78, 5) is 24.4. The number of carboxylic acid groups (broad SMARTS) is 1. The maximum absolute atomic E-state index is 10.9. The SMILES string of the molecule is Cc1nc2ccccc2n1-c1cncc(Nc2ccc(C(=O)O)cc2)n1. The molecule has 0 radical (unpaired) electrons. The Morgan fingerprint density at radius 1 is 1.04 bits per heavy atom. The Hall–Kier alpha value is -3.74. The van der Waals surface area contributed by atoms with Crippen molar-refractivity contribution < 1.29 is 9.90 Å². The first-order chi connectivity index (χ1) is 12.6. The van der Waals surface area contributed by atoms with E-state index in [0.29, 0.717) is 11.6 Å². The predicted octanol–water partition coefficient (Wildman–Crippen LogP) is 3.57. The molecular formula is C19H15N5O2. The van der Waals surface area contributed by atoms with Crippen LogP contribution < -0.4 is 5.32 Å². The van der Waals surface area contributed by atoms with Crippen LogP contribution in [0.15, 0.2) is 60.9 Å². The van der Waals surface area contributed by atoms with E-state index in [9.17, 15) is 4.79 Å². The minimum atomic E-state index is -0.958. The van der Waals surface area contributed by atoms with Gasteiger partial charge >= 0.3 is 5.97 Å². The molecule has 0 aliphatic rings. The summed E-state index contributed by atoms with van der Waals surface area (Å²) in [6, 6.07) is 14.3. The van der Waals surface area contributed by atoms with Crippen molar-refractivity contribution in [1.82, 2.24) is 19.5 Å². The normalized spacial score (nSPS) is 10.8. The van der Waals surface area contributed by atoms with Gasteiger partial charge in [0.2, 0.25) is 0 Å². The Morgan fingerprint density at radius 2 is 1.81 bits per heavy atom. The standard InChI is InChI=1S/C19H15N5O2/c1-12-21-15-4-2-3-5-16(15)24(12)18-11-20-10-17(23-18)22-14-8-6-13(7-9-14)19(25)26/h2-11H,1H3,(H,22,23)(H,25,26). The fourth-order valence-electron chi connectivity index (χ4n) is 2.80. The molecule has 4 aromatic rings. The molecule has 0 amide bonds. The molecule has 0 bridgehead atoms. The van der Waals surface area contributed by atoms with Crippen LogP contribution in [0.4, 0.5) is 11.5 Å². The minimum Gasteiger partial charge on any atom is -0.478 e. The summed E-state index contributed by atoms with van der Waals surface area (Å²) in [5.41, 5.74) is 2.82. The average molecular weight is 345 g/mol. The van der Waals surface area contributed by atoms with E-state index < -0.39 is 5.97 Å². The third-order valence-electron chi connectivity index (χ3n) is 3.98. The lowest BCUT2D eigenvalue weighted by Gasteiger charge is -2.09. The number of aromatic nitrogens is 4. The van der Waals surface area contributed by atoms with Crippen LogP contribution in [0.5, 0.6) is 0 Å². The highest BCUT2D eigenvalue weighted by atomic mass is 16.4. The molecule has 0 fully saturated rings. The van der Waals surface area contributed by atoms with Gasteiger partial charge < -0.3 is 10.4 Å². The zero-order chi connectivity index (χ0) is 18.1. The minimum absolute atomic E-state index is 0.232. The van der Waals surface area contributed by atoms with Gasteiger partial charge in [-0.3, -0.25) is 9.55 Å². The second-order valence-electron chi connectivity index (χ2n) is 5.75. The lowest BCUT2D eigenvalue weighted by atomic mass is 10.2. The van der Waals surface area contributed by atoms with E-state index in [4.69, 9.17) is 5.11 Å². The van der Waals surface area contributed by atoms with Crippen molar-refractivity contribution >= 4 is 28.5 Å². The van der Waals surface area contributed by atoms with Gasteiger partial charge in [-0.1, -0.05) is 12.1 Å². The molecule has 7 nitrogen and oxygen atoms in total. The first-order valence-electron chi connectivity index (χ1n) is 7.99. The van der Waals surface area contributed by atoms with Crippen molar-refractivity contribution in [3.63, 3.8) is 0 Å². The largest absolute Gasteiger partial charge is 0.478 e. The van der Waals surface area contributed by atoms with Gasteiger partial charge in [0.15, 0.2) is 11.6 Å². The molecule has 2 heterocycles. The maximum Gasteiger partial charge on any atom is 0.335 e. The van der Waals surface area contributed by atoms with Crippen LogP contribution in [-0.4, -0.2) is 30.6 Å². The molecule has 0 unspecified atom stereocenters. The highest BCUT2D eigenvalue weighted by Gasteiger charge is 2.11. The number of hydrogen-bond donors (Lipinski definition) is 2. The topological polar surface area (TPSA) is 92.9 Å². The maximum atomic E-state index is 10.9. The number of imidazole rings is 1. The van der Waals surface area contributed by atoms with Crippen LogP contribution in [0, 0.1) is 6.92 Å². The summed E-state index contributed by atoms with van der Waals surface area (Å²) in [6.07, 6.45) is 3.29. The zero-order valence-electron chi connectivity index (χ0n) is 13.9. The molecule has 2 aromatic heterocycles. The Bertz CT molecular complexity index is 1100. The molecule has 0 aliphatic heterocycles.